The van der Waals surface area contributed by atoms with Gasteiger partial charge in [-0.15, -0.1) is 11.3 Å². The molecule has 176 valence electrons. The summed E-state index contributed by atoms with van der Waals surface area (Å²) in [6, 6.07) is 3.04. The van der Waals surface area contributed by atoms with Crippen molar-refractivity contribution in [2.24, 2.45) is 4.99 Å². The summed E-state index contributed by atoms with van der Waals surface area (Å²) in [6.07, 6.45) is 3.11. The Labute approximate surface area is 204 Å². The first-order valence-corrected chi connectivity index (χ1v) is 13.7. The number of hydrogen-bond acceptors (Lipinski definition) is 8. The van der Waals surface area contributed by atoms with E-state index in [0.717, 1.165) is 6.26 Å². The summed E-state index contributed by atoms with van der Waals surface area (Å²) in [7, 11) is -1.93. The highest BCUT2D eigenvalue weighted by Gasteiger charge is 2.44. The third kappa shape index (κ3) is 4.61. The van der Waals surface area contributed by atoms with Crippen LogP contribution in [0.15, 0.2) is 50.5 Å². The number of aromatic nitrogens is 1. The number of ether oxygens (including phenoxy) is 1. The molecule has 0 amide bonds. The minimum Gasteiger partial charge on any atom is -0.463 e. The highest BCUT2D eigenvalue weighted by molar-refractivity contribution is 9.10. The number of carbonyl (C=O) groups is 1. The van der Waals surface area contributed by atoms with Gasteiger partial charge in [0.15, 0.2) is 10.8 Å². The number of likely N-dealkylation sites (N-methyl/N-ethyl adjacent to an activating group) is 1. The zero-order chi connectivity index (χ0) is 23.9. The number of amidine groups is 1. The van der Waals surface area contributed by atoms with Crippen molar-refractivity contribution in [1.82, 2.24) is 14.2 Å². The van der Waals surface area contributed by atoms with E-state index in [0.29, 0.717) is 45.1 Å². The second kappa shape index (κ2) is 9.24. The molecule has 3 heterocycles. The Morgan fingerprint density at radius 2 is 2.18 bits per heavy atom. The van der Waals surface area contributed by atoms with E-state index >= 15 is 0 Å². The average molecular weight is 557 g/mol. The molecule has 8 nitrogen and oxygen atoms in total. The lowest BCUT2D eigenvalue weighted by molar-refractivity contribution is -0.139. The summed E-state index contributed by atoms with van der Waals surface area (Å²) >= 11 is 4.79. The zero-order valence-corrected chi connectivity index (χ0v) is 21.4. The van der Waals surface area contributed by atoms with Gasteiger partial charge in [-0.2, -0.15) is 4.31 Å². The molecule has 2 unspecified atom stereocenters. The van der Waals surface area contributed by atoms with Crippen molar-refractivity contribution in [3.63, 3.8) is 0 Å². The van der Waals surface area contributed by atoms with Crippen molar-refractivity contribution in [1.29, 1.82) is 0 Å². The summed E-state index contributed by atoms with van der Waals surface area (Å²) < 4.78 is 45.4. The maximum atomic E-state index is 13.8. The first-order chi connectivity index (χ1) is 15.6. The first kappa shape index (κ1) is 24.0. The lowest BCUT2D eigenvalue weighted by Gasteiger charge is -2.32. The van der Waals surface area contributed by atoms with E-state index in [1.54, 1.807) is 19.2 Å². The standard InChI is InChI=1S/C21H22BrFN4O4S2/c1-4-31-21(28)17-16-10-13(26(2)33(3,29)30)11-27(16)19(20-24-7-8-32-20)25-18(17)14-6-5-12(23)9-15(14)22/h5-9,13,18H,4,10-11H2,1-3H3. The Kier molecular flexibility index (Phi) is 6.72. The largest absolute Gasteiger partial charge is 0.463 e. The Hall–Kier alpha value is -2.15. The van der Waals surface area contributed by atoms with Crippen LogP contribution in [0.3, 0.4) is 0 Å². The summed E-state index contributed by atoms with van der Waals surface area (Å²) in [5.41, 5.74) is 1.55. The average Bonchev–Trinajstić information content (AvgIpc) is 3.42. The van der Waals surface area contributed by atoms with Gasteiger partial charge in [0.1, 0.15) is 11.9 Å². The summed E-state index contributed by atoms with van der Waals surface area (Å²) in [5.74, 6) is -0.421. The number of sulfonamides is 1. The fourth-order valence-electron chi connectivity index (χ4n) is 4.01. The maximum absolute atomic E-state index is 13.8. The molecule has 4 rings (SSSR count). The maximum Gasteiger partial charge on any atom is 0.338 e. The fraction of sp³-hybridized carbons (Fsp3) is 0.381. The molecule has 0 bridgehead atoms. The number of nitrogens with zero attached hydrogens (tertiary/aromatic N) is 4. The third-order valence-electron chi connectivity index (χ3n) is 5.65. The third-order valence-corrected chi connectivity index (χ3v) is 8.45. The number of fused-ring (bicyclic) bond motifs is 1. The Bertz CT molecular complexity index is 1250. The number of esters is 1. The monoisotopic (exact) mass is 556 g/mol. The number of aliphatic imine (C=N–C) groups is 1. The van der Waals surface area contributed by atoms with Crippen LogP contribution in [0.5, 0.6) is 0 Å². The topological polar surface area (TPSA) is 92.2 Å². The normalized spacial score (nSPS) is 20.8. The van der Waals surface area contributed by atoms with Gasteiger partial charge in [-0.05, 0) is 24.6 Å². The number of carbonyl (C=O) groups excluding carboxylic acids is 1. The molecular weight excluding hydrogens is 535 g/mol. The molecule has 2 aliphatic heterocycles. The van der Waals surface area contributed by atoms with Gasteiger partial charge < -0.3 is 9.64 Å². The van der Waals surface area contributed by atoms with Crippen molar-refractivity contribution in [3.05, 3.63) is 61.9 Å². The molecule has 0 saturated carbocycles. The molecule has 0 spiro atoms. The second-order valence-corrected chi connectivity index (χ2v) is 11.5. The minimum atomic E-state index is -3.46. The van der Waals surface area contributed by atoms with Crippen molar-refractivity contribution in [3.8, 4) is 0 Å². The lowest BCUT2D eigenvalue weighted by Crippen LogP contribution is -2.40. The number of halogens is 2. The van der Waals surface area contributed by atoms with Gasteiger partial charge in [-0.1, -0.05) is 22.0 Å². The molecule has 0 N–H and O–H groups in total. The summed E-state index contributed by atoms with van der Waals surface area (Å²) in [6.45, 7) is 2.20. The molecule has 0 radical (unpaired) electrons. The van der Waals surface area contributed by atoms with Gasteiger partial charge in [-0.25, -0.2) is 22.6 Å². The van der Waals surface area contributed by atoms with Gasteiger partial charge in [0.25, 0.3) is 0 Å². The zero-order valence-electron chi connectivity index (χ0n) is 18.2. The van der Waals surface area contributed by atoms with Gasteiger partial charge in [0.2, 0.25) is 10.0 Å². The molecule has 12 heteroatoms. The van der Waals surface area contributed by atoms with E-state index in [9.17, 15) is 17.6 Å². The Morgan fingerprint density at radius 1 is 1.42 bits per heavy atom. The Balaban J connectivity index is 1.91. The van der Waals surface area contributed by atoms with E-state index in [4.69, 9.17) is 9.73 Å². The van der Waals surface area contributed by atoms with Crippen LogP contribution < -0.4 is 0 Å². The van der Waals surface area contributed by atoms with E-state index in [2.05, 4.69) is 20.9 Å². The Morgan fingerprint density at radius 3 is 2.79 bits per heavy atom. The van der Waals surface area contributed by atoms with Crippen LogP contribution in [0.1, 0.15) is 30.0 Å². The van der Waals surface area contributed by atoms with Gasteiger partial charge in [0, 0.05) is 47.8 Å². The molecule has 2 aromatic rings. The van der Waals surface area contributed by atoms with Gasteiger partial charge in [-0.3, -0.25) is 4.99 Å². The molecular formula is C21H22BrFN4O4S2. The molecule has 33 heavy (non-hydrogen) atoms. The van der Waals surface area contributed by atoms with Crippen LogP contribution in [0.4, 0.5) is 4.39 Å². The van der Waals surface area contributed by atoms with Crippen LogP contribution in [-0.2, 0) is 19.6 Å². The number of rotatable bonds is 6. The van der Waals surface area contributed by atoms with Crippen molar-refractivity contribution < 1.29 is 22.3 Å². The van der Waals surface area contributed by atoms with Gasteiger partial charge in [0.05, 0.1) is 18.4 Å². The van der Waals surface area contributed by atoms with Crippen molar-refractivity contribution >= 4 is 49.1 Å². The van der Waals surface area contributed by atoms with Crippen LogP contribution in [-0.4, -0.2) is 66.9 Å². The summed E-state index contributed by atoms with van der Waals surface area (Å²) in [4.78, 5) is 24.3. The van der Waals surface area contributed by atoms with Crippen LogP contribution >= 0.6 is 27.3 Å². The number of hydrogen-bond donors (Lipinski definition) is 0. The molecule has 1 aromatic carbocycles. The van der Waals surface area contributed by atoms with Gasteiger partial charge >= 0.3 is 5.97 Å². The minimum absolute atomic E-state index is 0.169. The second-order valence-electron chi connectivity index (χ2n) is 7.69. The van der Waals surface area contributed by atoms with E-state index in [-0.39, 0.29) is 6.61 Å². The molecule has 1 aromatic heterocycles. The molecule has 1 saturated heterocycles. The first-order valence-electron chi connectivity index (χ1n) is 10.1. The SMILES string of the molecule is CCOC(=O)C1=C2CC(N(C)S(C)(=O)=O)CN2C(c2nccs2)=NC1c1ccc(F)cc1Br. The highest BCUT2D eigenvalue weighted by atomic mass is 79.9. The van der Waals surface area contributed by atoms with E-state index < -0.39 is 33.9 Å². The van der Waals surface area contributed by atoms with E-state index in [1.165, 1.54) is 34.8 Å². The molecule has 2 atom stereocenters. The predicted octanol–water partition coefficient (Wildman–Crippen LogP) is 3.33. The quantitative estimate of drug-likeness (QED) is 0.507. The summed E-state index contributed by atoms with van der Waals surface area (Å²) in [5, 5.41) is 2.46. The smallest absolute Gasteiger partial charge is 0.338 e. The van der Waals surface area contributed by atoms with Crippen LogP contribution in [0.2, 0.25) is 0 Å². The number of benzene rings is 1. The van der Waals surface area contributed by atoms with E-state index in [1.807, 2.05) is 10.3 Å². The lowest BCUT2D eigenvalue weighted by atomic mass is 9.94. The predicted molar refractivity (Wildman–Crippen MR) is 127 cm³/mol. The molecule has 1 fully saturated rings. The number of thiazole rings is 1. The van der Waals surface area contributed by atoms with Crippen molar-refractivity contribution in [2.75, 3.05) is 26.5 Å². The molecule has 0 aliphatic carbocycles. The fourth-order valence-corrected chi connectivity index (χ4v) is 5.90. The highest BCUT2D eigenvalue weighted by Crippen LogP contribution is 2.43. The van der Waals surface area contributed by atoms with Crippen LogP contribution in [0, 0.1) is 5.82 Å². The molecule has 2 aliphatic rings. The van der Waals surface area contributed by atoms with Crippen LogP contribution in [0.25, 0.3) is 0 Å². The van der Waals surface area contributed by atoms with Crippen molar-refractivity contribution in [2.45, 2.75) is 25.4 Å².